The molecule has 1 saturated carbocycles. The van der Waals surface area contributed by atoms with Gasteiger partial charge in [-0.15, -0.1) is 10.2 Å². The summed E-state index contributed by atoms with van der Waals surface area (Å²) in [6.07, 6.45) is 1.88. The molecule has 11 heteroatoms. The van der Waals surface area contributed by atoms with Crippen LogP contribution in [-0.4, -0.2) is 39.3 Å². The summed E-state index contributed by atoms with van der Waals surface area (Å²) in [5.41, 5.74) is 11.5. The third-order valence-corrected chi connectivity index (χ3v) is 6.97. The maximum atomic E-state index is 13.1. The number of alkyl halides is 3. The molecule has 3 heterocycles. The second-order valence-corrected chi connectivity index (χ2v) is 8.63. The average Bonchev–Trinajstić information content (AvgIpc) is 3.03. The van der Waals surface area contributed by atoms with Crippen molar-refractivity contribution in [2.24, 2.45) is 11.1 Å². The normalized spacial score (nSPS) is 21.7. The fourth-order valence-electron chi connectivity index (χ4n) is 4.25. The van der Waals surface area contributed by atoms with Crippen molar-refractivity contribution in [3.8, 4) is 0 Å². The average molecular weight is 425 g/mol. The summed E-state index contributed by atoms with van der Waals surface area (Å²) in [5, 5.41) is 8.28. The minimum Gasteiger partial charge on any atom is -0.381 e. The predicted octanol–water partition coefficient (Wildman–Crippen LogP) is 3.12. The molecule has 29 heavy (non-hydrogen) atoms. The summed E-state index contributed by atoms with van der Waals surface area (Å²) in [5.74, 6) is 0.449. The van der Waals surface area contributed by atoms with E-state index >= 15 is 0 Å². The van der Waals surface area contributed by atoms with E-state index in [0.29, 0.717) is 5.95 Å². The molecule has 0 unspecified atom stereocenters. The van der Waals surface area contributed by atoms with Crippen LogP contribution >= 0.6 is 11.8 Å². The summed E-state index contributed by atoms with van der Waals surface area (Å²) in [6, 6.07) is 3.00. The van der Waals surface area contributed by atoms with Gasteiger partial charge in [0, 0.05) is 30.2 Å². The number of hydrogen-bond acceptors (Lipinski definition) is 8. The van der Waals surface area contributed by atoms with E-state index in [1.54, 1.807) is 0 Å². The van der Waals surface area contributed by atoms with Gasteiger partial charge in [-0.25, -0.2) is 0 Å². The van der Waals surface area contributed by atoms with Gasteiger partial charge in [0.2, 0.25) is 5.95 Å². The van der Waals surface area contributed by atoms with Crippen molar-refractivity contribution in [2.45, 2.75) is 54.2 Å². The van der Waals surface area contributed by atoms with E-state index in [9.17, 15) is 13.2 Å². The minimum absolute atomic E-state index is 0.0508. The topological polar surface area (TPSA) is 107 Å². The van der Waals surface area contributed by atoms with Crippen LogP contribution in [0.3, 0.4) is 0 Å². The number of nitrogens with two attached hydrogens (primary N) is 2. The lowest BCUT2D eigenvalue weighted by molar-refractivity contribution is -0.143. The first-order valence-electron chi connectivity index (χ1n) is 9.49. The Morgan fingerprint density at radius 1 is 1.17 bits per heavy atom. The van der Waals surface area contributed by atoms with Crippen molar-refractivity contribution in [3.63, 3.8) is 0 Å². The van der Waals surface area contributed by atoms with E-state index in [-0.39, 0.29) is 27.2 Å². The highest BCUT2D eigenvalue weighted by molar-refractivity contribution is 7.99. The molecule has 4 rings (SSSR count). The van der Waals surface area contributed by atoms with E-state index < -0.39 is 11.9 Å². The van der Waals surface area contributed by atoms with Gasteiger partial charge in [0.15, 0.2) is 16.5 Å². The van der Waals surface area contributed by atoms with Gasteiger partial charge in [-0.2, -0.15) is 18.2 Å². The van der Waals surface area contributed by atoms with E-state index in [0.717, 1.165) is 56.7 Å². The molecule has 4 N–H and O–H groups in total. The third kappa shape index (κ3) is 3.97. The van der Waals surface area contributed by atoms with Crippen molar-refractivity contribution in [2.75, 3.05) is 23.7 Å². The van der Waals surface area contributed by atoms with Crippen molar-refractivity contribution < 1.29 is 13.2 Å². The summed E-state index contributed by atoms with van der Waals surface area (Å²) in [6.45, 7) is 1.53. The van der Waals surface area contributed by atoms with Crippen LogP contribution in [0.4, 0.5) is 24.9 Å². The Hall–Kier alpha value is -2.14. The highest BCUT2D eigenvalue weighted by Crippen LogP contribution is 2.46. The molecule has 1 aliphatic carbocycles. The lowest BCUT2D eigenvalue weighted by atomic mass is 9.74. The van der Waals surface area contributed by atoms with Crippen LogP contribution < -0.4 is 16.4 Å². The Bertz CT molecular complexity index is 884. The van der Waals surface area contributed by atoms with Crippen LogP contribution in [0, 0.1) is 5.41 Å². The number of anilines is 2. The van der Waals surface area contributed by atoms with Gasteiger partial charge in [0.05, 0.1) is 0 Å². The van der Waals surface area contributed by atoms with Crippen molar-refractivity contribution in [1.82, 2.24) is 20.2 Å². The second kappa shape index (κ2) is 7.60. The van der Waals surface area contributed by atoms with Crippen molar-refractivity contribution >= 4 is 23.5 Å². The Labute approximate surface area is 170 Å². The monoisotopic (exact) mass is 425 g/mol. The fourth-order valence-corrected chi connectivity index (χ4v) is 5.11. The van der Waals surface area contributed by atoms with Crippen LogP contribution in [0.5, 0.6) is 0 Å². The number of aromatic nitrogens is 4. The molecule has 1 spiro atoms. The van der Waals surface area contributed by atoms with Gasteiger partial charge >= 0.3 is 6.18 Å². The molecule has 1 saturated heterocycles. The number of hydrogen-bond donors (Lipinski definition) is 2. The molecule has 2 aromatic heterocycles. The van der Waals surface area contributed by atoms with Crippen LogP contribution in [-0.2, 0) is 6.18 Å². The molecule has 2 fully saturated rings. The number of pyridine rings is 1. The van der Waals surface area contributed by atoms with Crippen LogP contribution in [0.1, 0.15) is 37.8 Å². The van der Waals surface area contributed by atoms with Crippen molar-refractivity contribution in [1.29, 1.82) is 0 Å². The maximum absolute atomic E-state index is 13.1. The van der Waals surface area contributed by atoms with Crippen LogP contribution in [0.15, 0.2) is 28.3 Å². The quantitative estimate of drug-likeness (QED) is 0.773. The molecular weight excluding hydrogens is 403 g/mol. The van der Waals surface area contributed by atoms with Gasteiger partial charge in [0.25, 0.3) is 0 Å². The molecule has 2 aliphatic rings. The third-order valence-electron chi connectivity index (χ3n) is 5.93. The molecule has 0 bridgehead atoms. The molecule has 1 atom stereocenters. The molecule has 1 aliphatic heterocycles. The van der Waals surface area contributed by atoms with Crippen LogP contribution in [0.25, 0.3) is 0 Å². The van der Waals surface area contributed by atoms with Gasteiger partial charge < -0.3 is 16.4 Å². The van der Waals surface area contributed by atoms with E-state index in [4.69, 9.17) is 11.5 Å². The molecule has 0 aromatic carbocycles. The Balaban J connectivity index is 1.48. The molecule has 156 valence electrons. The highest BCUT2D eigenvalue weighted by atomic mass is 32.2. The maximum Gasteiger partial charge on any atom is 0.434 e. The fraction of sp³-hybridized carbons (Fsp3) is 0.556. The number of piperidine rings is 1. The van der Waals surface area contributed by atoms with Crippen molar-refractivity contribution in [3.05, 3.63) is 24.0 Å². The van der Waals surface area contributed by atoms with E-state index in [2.05, 4.69) is 20.2 Å². The Morgan fingerprint density at radius 2 is 1.93 bits per heavy atom. The Morgan fingerprint density at radius 3 is 2.55 bits per heavy atom. The van der Waals surface area contributed by atoms with Gasteiger partial charge in [-0.05, 0) is 43.2 Å². The summed E-state index contributed by atoms with van der Waals surface area (Å²) < 4.78 is 39.4. The number of halogens is 3. The summed E-state index contributed by atoms with van der Waals surface area (Å²) >= 11 is 0.760. The molecule has 0 amide bonds. The summed E-state index contributed by atoms with van der Waals surface area (Å²) in [4.78, 5) is 9.65. The predicted molar refractivity (Wildman–Crippen MR) is 103 cm³/mol. The lowest BCUT2D eigenvalue weighted by Crippen LogP contribution is -2.47. The molecule has 7 nitrogen and oxygen atoms in total. The highest BCUT2D eigenvalue weighted by Gasteiger charge is 2.43. The zero-order chi connectivity index (χ0) is 20.6. The zero-order valence-corrected chi connectivity index (χ0v) is 16.5. The second-order valence-electron chi connectivity index (χ2n) is 7.60. The largest absolute Gasteiger partial charge is 0.434 e. The number of nitrogen functional groups attached to an aromatic ring is 1. The molecule has 2 aromatic rings. The minimum atomic E-state index is -4.57. The first kappa shape index (κ1) is 20.1. The zero-order valence-electron chi connectivity index (χ0n) is 15.7. The smallest absolute Gasteiger partial charge is 0.381 e. The van der Waals surface area contributed by atoms with Gasteiger partial charge in [-0.3, -0.25) is 4.98 Å². The van der Waals surface area contributed by atoms with Crippen LogP contribution in [0.2, 0.25) is 0 Å². The lowest BCUT2D eigenvalue weighted by Gasteiger charge is -2.42. The van der Waals surface area contributed by atoms with E-state index in [1.807, 2.05) is 4.90 Å². The first-order valence-corrected chi connectivity index (χ1v) is 10.3. The SMILES string of the molecule is Nc1nc(N2CCC3(CCC[C@H]3N)CC2)nnc1Sc1cccnc1C(F)(F)F. The number of rotatable bonds is 3. The van der Waals surface area contributed by atoms with Gasteiger partial charge in [0.1, 0.15) is 0 Å². The Kier molecular flexibility index (Phi) is 5.28. The number of nitrogens with zero attached hydrogens (tertiary/aromatic N) is 5. The summed E-state index contributed by atoms with van der Waals surface area (Å²) in [7, 11) is 0. The molecule has 0 radical (unpaired) electrons. The van der Waals surface area contributed by atoms with E-state index in [1.165, 1.54) is 18.6 Å². The molecular formula is C18H22F3N7S. The van der Waals surface area contributed by atoms with Gasteiger partial charge in [-0.1, -0.05) is 18.2 Å². The standard InChI is InChI=1S/C18H22F3N7S/c19-18(20,21)13-11(3-2-8-24-13)29-15-14(23)25-16(27-26-15)28-9-6-17(7-10-28)5-1-4-12(17)22/h2-3,8,12H,1,4-7,9-10,22H2,(H2,23,25,27)/t12-/m1/s1. The first-order chi connectivity index (χ1) is 13.8.